The predicted octanol–water partition coefficient (Wildman–Crippen LogP) is 3.50. The summed E-state index contributed by atoms with van der Waals surface area (Å²) in [6.07, 6.45) is 0.0839. The topological polar surface area (TPSA) is 52.6 Å². The Morgan fingerprint density at radius 3 is 2.13 bits per heavy atom. The van der Waals surface area contributed by atoms with E-state index in [0.29, 0.717) is 17.7 Å². The van der Waals surface area contributed by atoms with Crippen LogP contribution >= 0.6 is 0 Å². The molecule has 0 aliphatic rings. The Bertz CT molecular complexity index is 662. The van der Waals surface area contributed by atoms with Crippen LogP contribution in [-0.2, 0) is 9.47 Å². The molecule has 0 amide bonds. The Balaban J connectivity index is 2.11. The first-order chi connectivity index (χ1) is 11.1. The number of ketones is 1. The van der Waals surface area contributed by atoms with Crippen LogP contribution in [0.15, 0.2) is 54.6 Å². The van der Waals surface area contributed by atoms with E-state index in [1.54, 1.807) is 48.5 Å². The molecule has 0 aromatic heterocycles. The Labute approximate surface area is 136 Å². The maximum atomic E-state index is 12.6. The van der Waals surface area contributed by atoms with Crippen LogP contribution < -0.4 is 0 Å². The number of hydrogen-bond acceptors (Lipinski definition) is 4. The second kappa shape index (κ2) is 8.25. The third-order valence-corrected chi connectivity index (χ3v) is 3.20. The lowest BCUT2D eigenvalue weighted by Crippen LogP contribution is -2.16. The zero-order chi connectivity index (χ0) is 16.7. The molecular formula is C19H20O4. The first-order valence-corrected chi connectivity index (χ1v) is 7.57. The highest BCUT2D eigenvalue weighted by Gasteiger charge is 2.18. The fourth-order valence-electron chi connectivity index (χ4n) is 2.10. The monoisotopic (exact) mass is 312 g/mol. The van der Waals surface area contributed by atoms with Crippen molar-refractivity contribution in [3.63, 3.8) is 0 Å². The molecule has 120 valence electrons. The summed E-state index contributed by atoms with van der Waals surface area (Å²) in [5.74, 6) is -0.714. The molecule has 0 spiro atoms. The predicted molar refractivity (Wildman–Crippen MR) is 87.7 cm³/mol. The van der Waals surface area contributed by atoms with Gasteiger partial charge in [-0.1, -0.05) is 48.5 Å². The molecule has 2 rings (SSSR count). The molecule has 0 atom stereocenters. The van der Waals surface area contributed by atoms with Crippen LogP contribution in [0.3, 0.4) is 0 Å². The summed E-state index contributed by atoms with van der Waals surface area (Å²) in [7, 11) is 0. The van der Waals surface area contributed by atoms with E-state index in [9.17, 15) is 9.59 Å². The minimum absolute atomic E-state index is 0.0839. The van der Waals surface area contributed by atoms with E-state index in [1.165, 1.54) is 0 Å². The second-order valence-electron chi connectivity index (χ2n) is 5.30. The van der Waals surface area contributed by atoms with Crippen molar-refractivity contribution in [3.8, 4) is 0 Å². The summed E-state index contributed by atoms with van der Waals surface area (Å²) >= 11 is 0. The summed E-state index contributed by atoms with van der Waals surface area (Å²) in [4.78, 5) is 24.8. The molecule has 2 aromatic carbocycles. The normalized spacial score (nSPS) is 10.6. The zero-order valence-electron chi connectivity index (χ0n) is 13.3. The highest BCUT2D eigenvalue weighted by molar-refractivity contribution is 6.14. The van der Waals surface area contributed by atoms with Crippen LogP contribution in [0.5, 0.6) is 0 Å². The molecule has 2 aromatic rings. The van der Waals surface area contributed by atoms with Crippen molar-refractivity contribution in [1.82, 2.24) is 0 Å². The quantitative estimate of drug-likeness (QED) is 0.446. The van der Waals surface area contributed by atoms with Gasteiger partial charge in [0.25, 0.3) is 0 Å². The van der Waals surface area contributed by atoms with E-state index in [1.807, 2.05) is 19.9 Å². The molecule has 0 aliphatic heterocycles. The van der Waals surface area contributed by atoms with Crippen LogP contribution in [0, 0.1) is 0 Å². The van der Waals surface area contributed by atoms with Crippen molar-refractivity contribution in [3.05, 3.63) is 71.3 Å². The molecule has 0 saturated heterocycles. The molecule has 0 saturated carbocycles. The lowest BCUT2D eigenvalue weighted by Gasteiger charge is -2.10. The molecule has 0 N–H and O–H groups in total. The van der Waals surface area contributed by atoms with Gasteiger partial charge in [-0.15, -0.1) is 0 Å². The summed E-state index contributed by atoms with van der Waals surface area (Å²) < 4.78 is 10.5. The number of rotatable bonds is 7. The van der Waals surface area contributed by atoms with Gasteiger partial charge in [-0.2, -0.15) is 0 Å². The van der Waals surface area contributed by atoms with Crippen molar-refractivity contribution >= 4 is 11.8 Å². The van der Waals surface area contributed by atoms with Crippen LogP contribution in [-0.4, -0.2) is 31.1 Å². The first kappa shape index (κ1) is 16.9. The molecule has 0 aliphatic carbocycles. The smallest absolute Gasteiger partial charge is 0.338 e. The van der Waals surface area contributed by atoms with Gasteiger partial charge in [0.15, 0.2) is 5.78 Å². The molecule has 0 radical (unpaired) electrons. The largest absolute Gasteiger partial charge is 0.460 e. The minimum Gasteiger partial charge on any atom is -0.460 e. The average molecular weight is 312 g/mol. The van der Waals surface area contributed by atoms with Gasteiger partial charge in [-0.05, 0) is 19.9 Å². The van der Waals surface area contributed by atoms with E-state index < -0.39 is 5.97 Å². The number of ether oxygens (including phenoxy) is 2. The summed E-state index contributed by atoms with van der Waals surface area (Å²) in [6.45, 7) is 4.31. The van der Waals surface area contributed by atoms with Crippen molar-refractivity contribution in [2.24, 2.45) is 0 Å². The fraction of sp³-hybridized carbons (Fsp3) is 0.263. The van der Waals surface area contributed by atoms with Crippen molar-refractivity contribution < 1.29 is 19.1 Å². The fourth-order valence-corrected chi connectivity index (χ4v) is 2.10. The Kier molecular flexibility index (Phi) is 6.06. The molecule has 0 bridgehead atoms. The number of carbonyl (C=O) groups is 2. The molecule has 0 heterocycles. The van der Waals surface area contributed by atoms with Gasteiger partial charge in [0.2, 0.25) is 0 Å². The molecular weight excluding hydrogens is 292 g/mol. The van der Waals surface area contributed by atoms with E-state index in [2.05, 4.69) is 0 Å². The summed E-state index contributed by atoms with van der Waals surface area (Å²) in [6, 6.07) is 15.5. The maximum absolute atomic E-state index is 12.6. The van der Waals surface area contributed by atoms with Gasteiger partial charge in [-0.3, -0.25) is 4.79 Å². The number of esters is 1. The van der Waals surface area contributed by atoms with Crippen LogP contribution in [0.25, 0.3) is 0 Å². The lowest BCUT2D eigenvalue weighted by atomic mass is 9.98. The molecule has 4 heteroatoms. The van der Waals surface area contributed by atoms with Gasteiger partial charge in [0.05, 0.1) is 18.3 Å². The number of carbonyl (C=O) groups excluding carboxylic acids is 2. The minimum atomic E-state index is -0.516. The first-order valence-electron chi connectivity index (χ1n) is 7.57. The molecule has 0 fully saturated rings. The molecule has 4 nitrogen and oxygen atoms in total. The third-order valence-electron chi connectivity index (χ3n) is 3.20. The van der Waals surface area contributed by atoms with E-state index >= 15 is 0 Å². The Morgan fingerprint density at radius 2 is 1.48 bits per heavy atom. The van der Waals surface area contributed by atoms with Crippen molar-refractivity contribution in [1.29, 1.82) is 0 Å². The standard InChI is InChI=1S/C19H20O4/c1-14(2)22-12-13-23-19(21)17-11-7-6-10-16(17)18(20)15-8-4-3-5-9-15/h3-11,14H,12-13H2,1-2H3. The second-order valence-corrected chi connectivity index (χ2v) is 5.30. The zero-order valence-corrected chi connectivity index (χ0v) is 13.3. The van der Waals surface area contributed by atoms with Crippen molar-refractivity contribution in [2.45, 2.75) is 20.0 Å². The maximum Gasteiger partial charge on any atom is 0.338 e. The average Bonchev–Trinajstić information content (AvgIpc) is 2.58. The summed E-state index contributed by atoms with van der Waals surface area (Å²) in [5.41, 5.74) is 1.15. The van der Waals surface area contributed by atoms with Gasteiger partial charge >= 0.3 is 5.97 Å². The van der Waals surface area contributed by atoms with Gasteiger partial charge in [0.1, 0.15) is 6.61 Å². The van der Waals surface area contributed by atoms with Crippen LogP contribution in [0.1, 0.15) is 40.1 Å². The van der Waals surface area contributed by atoms with Crippen molar-refractivity contribution in [2.75, 3.05) is 13.2 Å². The highest BCUT2D eigenvalue weighted by Crippen LogP contribution is 2.15. The van der Waals surface area contributed by atoms with Crippen LogP contribution in [0.2, 0.25) is 0 Å². The lowest BCUT2D eigenvalue weighted by molar-refractivity contribution is 0.0176. The van der Waals surface area contributed by atoms with E-state index in [0.717, 1.165) is 0 Å². The number of benzene rings is 2. The van der Waals surface area contributed by atoms with Gasteiger partial charge < -0.3 is 9.47 Å². The van der Waals surface area contributed by atoms with E-state index in [4.69, 9.17) is 9.47 Å². The third kappa shape index (κ3) is 4.76. The Hall–Kier alpha value is -2.46. The summed E-state index contributed by atoms with van der Waals surface area (Å²) in [5, 5.41) is 0. The van der Waals surface area contributed by atoms with Gasteiger partial charge in [0, 0.05) is 11.1 Å². The van der Waals surface area contributed by atoms with Gasteiger partial charge in [-0.25, -0.2) is 4.79 Å². The number of hydrogen-bond donors (Lipinski definition) is 0. The molecule has 0 unspecified atom stereocenters. The highest BCUT2D eigenvalue weighted by atomic mass is 16.6. The van der Waals surface area contributed by atoms with E-state index in [-0.39, 0.29) is 24.1 Å². The SMILES string of the molecule is CC(C)OCCOC(=O)c1ccccc1C(=O)c1ccccc1. The Morgan fingerprint density at radius 1 is 0.870 bits per heavy atom. The van der Waals surface area contributed by atoms with Crippen LogP contribution in [0.4, 0.5) is 0 Å². The molecule has 23 heavy (non-hydrogen) atoms.